The maximum atomic E-state index is 6.62. The second kappa shape index (κ2) is 18.1. The maximum absolute atomic E-state index is 6.62. The van der Waals surface area contributed by atoms with E-state index in [9.17, 15) is 0 Å². The Hall–Kier alpha value is -10.4. The summed E-state index contributed by atoms with van der Waals surface area (Å²) in [5.41, 5.74) is 23.4. The Labute approximate surface area is 451 Å². The first-order valence-electron chi connectivity index (χ1n) is 26.3. The molecule has 4 heterocycles. The number of hydrogen-bond donors (Lipinski definition) is 0. The quantitative estimate of drug-likeness (QED) is 0.149. The summed E-state index contributed by atoms with van der Waals surface area (Å²) < 4.78 is 13.2. The highest BCUT2D eigenvalue weighted by molar-refractivity contribution is 6.20. The number of hydrogen-bond acceptors (Lipinski definition) is 8. The van der Waals surface area contributed by atoms with Crippen LogP contribution in [-0.2, 0) is 0 Å². The summed E-state index contributed by atoms with van der Waals surface area (Å²) in [6.45, 7) is 0. The van der Waals surface area contributed by atoms with E-state index in [-0.39, 0.29) is 0 Å². The minimum Gasteiger partial charge on any atom is -0.436 e. The smallest absolute Gasteiger partial charge is 0.227 e. The highest BCUT2D eigenvalue weighted by atomic mass is 16.4. The molecule has 0 aliphatic carbocycles. The molecule has 8 nitrogen and oxygen atoms in total. The fraction of sp³-hybridized carbons (Fsp3) is 0.0286. The first kappa shape index (κ1) is 45.0. The fourth-order valence-corrected chi connectivity index (χ4v) is 11.9. The lowest BCUT2D eigenvalue weighted by Crippen LogP contribution is -2.28. The summed E-state index contributed by atoms with van der Waals surface area (Å²) in [4.78, 5) is 19.9. The zero-order valence-corrected chi connectivity index (χ0v) is 42.7. The minimum absolute atomic E-state index is 0.542. The number of fused-ring (bicyclic) bond motifs is 6. The lowest BCUT2D eigenvalue weighted by atomic mass is 9.79. The summed E-state index contributed by atoms with van der Waals surface area (Å²) in [5, 5.41) is 0. The lowest BCUT2D eigenvalue weighted by molar-refractivity contribution is 0.619. The molecule has 2 aliphatic heterocycles. The predicted octanol–water partition coefficient (Wildman–Crippen LogP) is 19.1. The van der Waals surface area contributed by atoms with Gasteiger partial charge in [-0.15, -0.1) is 0 Å². The van der Waals surface area contributed by atoms with Crippen LogP contribution in [0.15, 0.2) is 264 Å². The van der Waals surface area contributed by atoms with E-state index in [1.807, 2.05) is 48.5 Å². The van der Waals surface area contributed by atoms with Gasteiger partial charge in [0, 0.05) is 47.5 Å². The van der Waals surface area contributed by atoms with Crippen molar-refractivity contribution >= 4 is 79.1 Å². The van der Waals surface area contributed by atoms with Crippen LogP contribution in [0.5, 0.6) is 0 Å². The number of anilines is 10. The van der Waals surface area contributed by atoms with Crippen LogP contribution in [0.25, 0.3) is 89.6 Å². The summed E-state index contributed by atoms with van der Waals surface area (Å²) in [6.07, 6.45) is 0. The van der Waals surface area contributed by atoms with Gasteiger partial charge in [0.25, 0.3) is 0 Å². The van der Waals surface area contributed by atoms with Gasteiger partial charge in [-0.3, -0.25) is 0 Å². The van der Waals surface area contributed by atoms with E-state index in [0.717, 1.165) is 135 Å². The molecule has 0 radical (unpaired) electrons. The predicted molar refractivity (Wildman–Crippen MR) is 320 cm³/mol. The summed E-state index contributed by atoms with van der Waals surface area (Å²) in [6, 6.07) is 90.4. The molecule has 15 rings (SSSR count). The number of nitrogens with zero attached hydrogens (tertiary/aromatic N) is 6. The molecule has 0 amide bonds. The number of rotatable bonds is 8. The average Bonchev–Trinajstić information content (AvgIpc) is 4.21. The molecule has 0 unspecified atom stereocenters. The second-order valence-corrected chi connectivity index (χ2v) is 19.8. The van der Waals surface area contributed by atoms with Crippen molar-refractivity contribution in [1.29, 1.82) is 0 Å². The summed E-state index contributed by atoms with van der Waals surface area (Å²) in [5.74, 6) is 1.09. The molecule has 11 aromatic carbocycles. The number of oxazole rings is 2. The van der Waals surface area contributed by atoms with Gasteiger partial charge in [0.2, 0.25) is 11.8 Å². The van der Waals surface area contributed by atoms with E-state index >= 15 is 0 Å². The molecule has 0 bridgehead atoms. The van der Waals surface area contributed by atoms with Crippen LogP contribution >= 0.6 is 0 Å². The third-order valence-electron chi connectivity index (χ3n) is 15.3. The normalized spacial score (nSPS) is 12.6. The van der Waals surface area contributed by atoms with Crippen molar-refractivity contribution in [2.24, 2.45) is 0 Å². The van der Waals surface area contributed by atoms with Crippen molar-refractivity contribution in [2.75, 3.05) is 33.7 Å². The molecule has 0 saturated carbocycles. The van der Waals surface area contributed by atoms with E-state index in [1.54, 1.807) is 0 Å². The highest BCUT2D eigenvalue weighted by Crippen LogP contribution is 2.65. The Morgan fingerprint density at radius 3 is 0.974 bits per heavy atom. The molecule has 370 valence electrons. The SMILES string of the molecule is CN1c2ccccc2N(c2c(-c3ccccc3)c(-c3ccccc3)c(-c3cccc(-c4nc5ccccc5o4)c3)c(-c3cccc(-c4nc5ccccc5o4)c3)c2N2c3ccccc3N(C)c3ccccc32)c2ccccc21. The van der Waals surface area contributed by atoms with Crippen LogP contribution in [0.4, 0.5) is 56.9 Å². The molecule has 2 aliphatic rings. The van der Waals surface area contributed by atoms with Crippen molar-refractivity contribution in [3.05, 3.63) is 255 Å². The topological polar surface area (TPSA) is 65.0 Å². The molecule has 0 fully saturated rings. The van der Waals surface area contributed by atoms with E-state index in [1.165, 1.54) is 0 Å². The van der Waals surface area contributed by atoms with Crippen molar-refractivity contribution < 1.29 is 8.83 Å². The van der Waals surface area contributed by atoms with E-state index in [2.05, 4.69) is 240 Å². The standard InChI is InChI=1S/C70H48N6O2/c1-73-53-33-11-15-37-57(53)75(58-38-16-12-34-54(58)73)67-65(46-25-7-4-8-26-46)63(45-23-5-3-6-24-45)64(47-27-21-29-49(43-47)69-71-51-31-9-19-41-61(51)77-69)66(48-28-22-30-50(44-48)70-72-52-32-10-20-42-62(52)78-70)68(67)76-59-39-17-13-35-55(59)74(2)56-36-14-18-40-60(56)76/h3-44H,1-2H3. The van der Waals surface area contributed by atoms with Gasteiger partial charge >= 0.3 is 0 Å². The van der Waals surface area contributed by atoms with Gasteiger partial charge in [-0.05, 0) is 119 Å². The van der Waals surface area contributed by atoms with Gasteiger partial charge in [-0.1, -0.05) is 158 Å². The third-order valence-corrected chi connectivity index (χ3v) is 15.3. The van der Waals surface area contributed by atoms with Crippen molar-refractivity contribution in [3.63, 3.8) is 0 Å². The van der Waals surface area contributed by atoms with Crippen LogP contribution in [0.3, 0.4) is 0 Å². The second-order valence-electron chi connectivity index (χ2n) is 19.8. The minimum atomic E-state index is 0.542. The molecule has 8 heteroatoms. The van der Waals surface area contributed by atoms with Crippen molar-refractivity contribution in [2.45, 2.75) is 0 Å². The molecular weight excluding hydrogens is 957 g/mol. The van der Waals surface area contributed by atoms with Gasteiger partial charge in [0.05, 0.1) is 56.9 Å². The Morgan fingerprint density at radius 1 is 0.269 bits per heavy atom. The first-order valence-corrected chi connectivity index (χ1v) is 26.3. The molecule has 2 aromatic heterocycles. The lowest BCUT2D eigenvalue weighted by Gasteiger charge is -2.45. The molecule has 0 atom stereocenters. The van der Waals surface area contributed by atoms with E-state index in [4.69, 9.17) is 18.8 Å². The van der Waals surface area contributed by atoms with Gasteiger partial charge in [0.1, 0.15) is 11.0 Å². The molecule has 0 spiro atoms. The van der Waals surface area contributed by atoms with Crippen molar-refractivity contribution in [1.82, 2.24) is 9.97 Å². The molecule has 0 N–H and O–H groups in total. The maximum Gasteiger partial charge on any atom is 0.227 e. The van der Waals surface area contributed by atoms with Crippen LogP contribution in [0.2, 0.25) is 0 Å². The Morgan fingerprint density at radius 2 is 0.564 bits per heavy atom. The van der Waals surface area contributed by atoms with Crippen molar-refractivity contribution in [3.8, 4) is 67.4 Å². The van der Waals surface area contributed by atoms with Gasteiger partial charge in [-0.2, -0.15) is 0 Å². The zero-order chi connectivity index (χ0) is 51.8. The highest BCUT2D eigenvalue weighted by Gasteiger charge is 2.40. The van der Waals surface area contributed by atoms with Gasteiger partial charge < -0.3 is 28.4 Å². The molecule has 13 aromatic rings. The fourth-order valence-electron chi connectivity index (χ4n) is 11.9. The van der Waals surface area contributed by atoms with Gasteiger partial charge in [-0.25, -0.2) is 9.97 Å². The Balaban J connectivity index is 1.19. The van der Waals surface area contributed by atoms with Gasteiger partial charge in [0.15, 0.2) is 11.2 Å². The van der Waals surface area contributed by atoms with Crippen LogP contribution in [-0.4, -0.2) is 24.1 Å². The molecular formula is C70H48N6O2. The third kappa shape index (κ3) is 7.15. The molecule has 0 saturated heterocycles. The summed E-state index contributed by atoms with van der Waals surface area (Å²) in [7, 11) is 4.34. The number of para-hydroxylation sites is 12. The first-order chi connectivity index (χ1) is 38.6. The van der Waals surface area contributed by atoms with E-state index in [0.29, 0.717) is 11.8 Å². The van der Waals surface area contributed by atoms with Crippen LogP contribution in [0, 0.1) is 0 Å². The zero-order valence-electron chi connectivity index (χ0n) is 42.7. The average molecular weight is 1010 g/mol. The largest absolute Gasteiger partial charge is 0.436 e. The van der Waals surface area contributed by atoms with Crippen LogP contribution < -0.4 is 19.6 Å². The van der Waals surface area contributed by atoms with Crippen LogP contribution in [0.1, 0.15) is 0 Å². The number of aromatic nitrogens is 2. The molecule has 78 heavy (non-hydrogen) atoms. The monoisotopic (exact) mass is 1000 g/mol. The Kier molecular flexibility index (Phi) is 10.5. The van der Waals surface area contributed by atoms with E-state index < -0.39 is 0 Å². The number of benzene rings is 11. The Bertz CT molecular complexity index is 4310. The summed E-state index contributed by atoms with van der Waals surface area (Å²) >= 11 is 0.